The number of benzene rings is 1. The Hall–Kier alpha value is -2.63. The number of aromatic nitrogens is 1. The van der Waals surface area contributed by atoms with E-state index >= 15 is 0 Å². The first-order valence-corrected chi connectivity index (χ1v) is 7.88. The molecule has 1 aliphatic carbocycles. The highest BCUT2D eigenvalue weighted by molar-refractivity contribution is 6.10. The van der Waals surface area contributed by atoms with Gasteiger partial charge in [-0.15, -0.1) is 0 Å². The van der Waals surface area contributed by atoms with Crippen LogP contribution in [0.1, 0.15) is 51.9 Å². The summed E-state index contributed by atoms with van der Waals surface area (Å²) in [4.78, 5) is 30.9. The fourth-order valence-corrected chi connectivity index (χ4v) is 2.98. The number of carbonyl (C=O) groups is 2. The van der Waals surface area contributed by atoms with E-state index in [1.807, 2.05) is 6.07 Å². The molecule has 0 bridgehead atoms. The van der Waals surface area contributed by atoms with Crippen molar-refractivity contribution in [1.29, 1.82) is 0 Å². The van der Waals surface area contributed by atoms with Crippen LogP contribution >= 0.6 is 0 Å². The van der Waals surface area contributed by atoms with Gasteiger partial charge in [0.2, 0.25) is 0 Å². The van der Waals surface area contributed by atoms with E-state index in [4.69, 9.17) is 4.42 Å². The monoisotopic (exact) mass is 311 g/mol. The van der Waals surface area contributed by atoms with Crippen molar-refractivity contribution in [3.8, 4) is 0 Å². The molecule has 0 radical (unpaired) electrons. The predicted molar refractivity (Wildman–Crippen MR) is 83.5 cm³/mol. The molecular weight excluding hydrogens is 294 g/mol. The maximum atomic E-state index is 12.8. The van der Waals surface area contributed by atoms with E-state index in [9.17, 15) is 9.59 Å². The van der Waals surface area contributed by atoms with Gasteiger partial charge in [0.15, 0.2) is 11.6 Å². The van der Waals surface area contributed by atoms with Crippen LogP contribution in [0.4, 0.5) is 5.69 Å². The highest BCUT2D eigenvalue weighted by Crippen LogP contribution is 2.35. The molecule has 1 fully saturated rings. The van der Waals surface area contributed by atoms with E-state index in [2.05, 4.69) is 10.3 Å². The first kappa shape index (κ1) is 14.0. The summed E-state index contributed by atoms with van der Waals surface area (Å²) in [6.45, 7) is 0.819. The SMILES string of the molecule is O=C1NCCN(C(=O)c2coc(C3CCC3)n2)c2ccccc21. The summed E-state index contributed by atoms with van der Waals surface area (Å²) in [5.74, 6) is 0.600. The molecule has 1 saturated carbocycles. The van der Waals surface area contributed by atoms with Crippen LogP contribution in [0.2, 0.25) is 0 Å². The molecule has 1 N–H and O–H groups in total. The minimum absolute atomic E-state index is 0.161. The lowest BCUT2D eigenvalue weighted by Crippen LogP contribution is -2.35. The van der Waals surface area contributed by atoms with Gasteiger partial charge in [0.1, 0.15) is 6.26 Å². The number of nitrogens with one attached hydrogen (secondary N) is 1. The largest absolute Gasteiger partial charge is 0.448 e. The molecule has 2 aromatic rings. The van der Waals surface area contributed by atoms with Gasteiger partial charge in [0.25, 0.3) is 11.8 Å². The van der Waals surface area contributed by atoms with Crippen molar-refractivity contribution < 1.29 is 14.0 Å². The van der Waals surface area contributed by atoms with Gasteiger partial charge in [-0.25, -0.2) is 4.98 Å². The lowest BCUT2D eigenvalue weighted by atomic mass is 9.85. The minimum Gasteiger partial charge on any atom is -0.448 e. The molecule has 0 saturated heterocycles. The first-order valence-electron chi connectivity index (χ1n) is 7.88. The van der Waals surface area contributed by atoms with Crippen LogP contribution in [0, 0.1) is 0 Å². The summed E-state index contributed by atoms with van der Waals surface area (Å²) in [5.41, 5.74) is 1.41. The fourth-order valence-electron chi connectivity index (χ4n) is 2.98. The number of hydrogen-bond donors (Lipinski definition) is 1. The van der Waals surface area contributed by atoms with Crippen molar-refractivity contribution in [2.45, 2.75) is 25.2 Å². The summed E-state index contributed by atoms with van der Waals surface area (Å²) < 4.78 is 5.48. The maximum absolute atomic E-state index is 12.8. The number of nitrogens with zero attached hydrogens (tertiary/aromatic N) is 2. The first-order chi connectivity index (χ1) is 11.2. The second kappa shape index (κ2) is 5.53. The van der Waals surface area contributed by atoms with Crippen LogP contribution < -0.4 is 10.2 Å². The van der Waals surface area contributed by atoms with Crippen LogP contribution in [-0.2, 0) is 0 Å². The van der Waals surface area contributed by atoms with E-state index in [1.54, 1.807) is 23.1 Å². The smallest absolute Gasteiger partial charge is 0.280 e. The highest BCUT2D eigenvalue weighted by Gasteiger charge is 2.29. The molecule has 23 heavy (non-hydrogen) atoms. The topological polar surface area (TPSA) is 75.4 Å². The van der Waals surface area contributed by atoms with Gasteiger partial charge in [-0.3, -0.25) is 9.59 Å². The Kier molecular flexibility index (Phi) is 3.37. The third kappa shape index (κ3) is 2.40. The number of hydrogen-bond acceptors (Lipinski definition) is 4. The molecule has 1 aliphatic heterocycles. The van der Waals surface area contributed by atoms with Crippen LogP contribution in [-0.4, -0.2) is 29.9 Å². The van der Waals surface area contributed by atoms with Crippen molar-refractivity contribution in [2.24, 2.45) is 0 Å². The van der Waals surface area contributed by atoms with Gasteiger partial charge < -0.3 is 14.6 Å². The van der Waals surface area contributed by atoms with E-state index in [-0.39, 0.29) is 11.8 Å². The molecule has 6 heteroatoms. The zero-order valence-corrected chi connectivity index (χ0v) is 12.6. The zero-order chi connectivity index (χ0) is 15.8. The Bertz CT molecular complexity index is 764. The molecular formula is C17H17N3O3. The van der Waals surface area contributed by atoms with Crippen molar-refractivity contribution in [3.05, 3.63) is 47.7 Å². The van der Waals surface area contributed by atoms with Crippen molar-refractivity contribution >= 4 is 17.5 Å². The van der Waals surface area contributed by atoms with E-state index < -0.39 is 0 Å². The van der Waals surface area contributed by atoms with Crippen molar-refractivity contribution in [3.63, 3.8) is 0 Å². The molecule has 4 rings (SSSR count). The maximum Gasteiger partial charge on any atom is 0.280 e. The van der Waals surface area contributed by atoms with Gasteiger partial charge in [-0.05, 0) is 25.0 Å². The van der Waals surface area contributed by atoms with Crippen LogP contribution in [0.5, 0.6) is 0 Å². The Balaban J connectivity index is 1.66. The molecule has 2 aliphatic rings. The van der Waals surface area contributed by atoms with Gasteiger partial charge >= 0.3 is 0 Å². The Morgan fingerprint density at radius 3 is 2.91 bits per heavy atom. The lowest BCUT2D eigenvalue weighted by Gasteiger charge is -2.22. The second-order valence-electron chi connectivity index (χ2n) is 5.93. The molecule has 1 aromatic heterocycles. The van der Waals surface area contributed by atoms with E-state index in [0.29, 0.717) is 41.8 Å². The standard InChI is InChI=1S/C17H17N3O3/c21-15-12-6-1-2-7-14(12)20(9-8-18-15)17(22)13-10-23-16(19-13)11-4-3-5-11/h1-2,6-7,10-11H,3-5,8-9H2,(H,18,21). The summed E-state index contributed by atoms with van der Waals surface area (Å²) >= 11 is 0. The number of para-hydroxylation sites is 1. The third-order valence-corrected chi connectivity index (χ3v) is 4.50. The van der Waals surface area contributed by atoms with Crippen LogP contribution in [0.25, 0.3) is 0 Å². The summed E-state index contributed by atoms with van der Waals surface area (Å²) in [7, 11) is 0. The highest BCUT2D eigenvalue weighted by atomic mass is 16.3. The number of oxazole rings is 1. The molecule has 118 valence electrons. The summed E-state index contributed by atoms with van der Waals surface area (Å²) in [6.07, 6.45) is 4.75. The number of amides is 2. The molecule has 2 amide bonds. The fraction of sp³-hybridized carbons (Fsp3) is 0.353. The normalized spacial score (nSPS) is 17.9. The lowest BCUT2D eigenvalue weighted by molar-refractivity contribution is 0.0953. The molecule has 0 atom stereocenters. The number of rotatable bonds is 2. The van der Waals surface area contributed by atoms with Crippen molar-refractivity contribution in [1.82, 2.24) is 10.3 Å². The quantitative estimate of drug-likeness (QED) is 0.923. The molecule has 0 unspecified atom stereocenters. The Morgan fingerprint density at radius 2 is 2.13 bits per heavy atom. The third-order valence-electron chi connectivity index (χ3n) is 4.50. The number of anilines is 1. The van der Waals surface area contributed by atoms with Gasteiger partial charge in [0.05, 0.1) is 11.3 Å². The minimum atomic E-state index is -0.233. The Morgan fingerprint density at radius 1 is 1.30 bits per heavy atom. The zero-order valence-electron chi connectivity index (χ0n) is 12.6. The number of carbonyl (C=O) groups excluding carboxylic acids is 2. The van der Waals surface area contributed by atoms with Gasteiger partial charge in [0, 0.05) is 19.0 Å². The second-order valence-corrected chi connectivity index (χ2v) is 5.93. The molecule has 1 aromatic carbocycles. The summed E-state index contributed by atoms with van der Waals surface area (Å²) in [5, 5.41) is 2.80. The number of fused-ring (bicyclic) bond motifs is 1. The van der Waals surface area contributed by atoms with E-state index in [0.717, 1.165) is 12.8 Å². The molecule has 0 spiro atoms. The Labute approximate surface area is 133 Å². The van der Waals surface area contributed by atoms with Crippen LogP contribution in [0.15, 0.2) is 34.9 Å². The van der Waals surface area contributed by atoms with E-state index in [1.165, 1.54) is 12.7 Å². The van der Waals surface area contributed by atoms with Crippen LogP contribution in [0.3, 0.4) is 0 Å². The average molecular weight is 311 g/mol. The summed E-state index contributed by atoms with van der Waals surface area (Å²) in [6, 6.07) is 7.11. The predicted octanol–water partition coefficient (Wildman–Crippen LogP) is 2.33. The molecule has 2 heterocycles. The molecule has 6 nitrogen and oxygen atoms in total. The van der Waals surface area contributed by atoms with Gasteiger partial charge in [-0.2, -0.15) is 0 Å². The van der Waals surface area contributed by atoms with Crippen molar-refractivity contribution in [2.75, 3.05) is 18.0 Å². The van der Waals surface area contributed by atoms with Gasteiger partial charge in [-0.1, -0.05) is 18.6 Å². The average Bonchev–Trinajstić information content (AvgIpc) is 2.92.